The minimum Gasteiger partial charge on any atom is -0.353 e. The van der Waals surface area contributed by atoms with Crippen molar-refractivity contribution in [3.63, 3.8) is 0 Å². The van der Waals surface area contributed by atoms with Crippen LogP contribution in [0.3, 0.4) is 0 Å². The van der Waals surface area contributed by atoms with Gasteiger partial charge in [-0.2, -0.15) is 5.26 Å². The normalized spacial score (nSPS) is 27.5. The number of hydrogen-bond donors (Lipinski definition) is 0. The molecule has 5 nitrogen and oxygen atoms in total. The molecule has 3 aliphatic rings. The molecular weight excluding hydrogens is 381 g/mol. The molecule has 3 aliphatic heterocycles. The lowest BCUT2D eigenvalue weighted by molar-refractivity contribution is -0.123. The van der Waals surface area contributed by atoms with E-state index in [1.165, 1.54) is 12.1 Å². The fourth-order valence-corrected chi connectivity index (χ4v) is 4.76. The summed E-state index contributed by atoms with van der Waals surface area (Å²) in [7, 11) is 0. The van der Waals surface area contributed by atoms with E-state index in [1.807, 2.05) is 35.2 Å². The van der Waals surface area contributed by atoms with Crippen molar-refractivity contribution in [2.45, 2.75) is 12.1 Å². The number of halogens is 2. The van der Waals surface area contributed by atoms with Crippen molar-refractivity contribution in [3.8, 4) is 6.07 Å². The highest BCUT2D eigenvalue weighted by molar-refractivity contribution is 6.31. The van der Waals surface area contributed by atoms with Crippen molar-refractivity contribution in [1.29, 1.82) is 5.26 Å². The van der Waals surface area contributed by atoms with Gasteiger partial charge in [-0.3, -0.25) is 9.59 Å². The van der Waals surface area contributed by atoms with E-state index < -0.39 is 41.6 Å². The Bertz CT molecular complexity index is 1110. The van der Waals surface area contributed by atoms with Gasteiger partial charge in [-0.25, -0.2) is 9.29 Å². The predicted octanol–water partition coefficient (Wildman–Crippen LogP) is 3.52. The number of fused-ring (bicyclic) bond motifs is 5. The van der Waals surface area contributed by atoms with Gasteiger partial charge in [0.05, 0.1) is 34.7 Å². The molecule has 28 heavy (non-hydrogen) atoms. The van der Waals surface area contributed by atoms with Gasteiger partial charge in [-0.1, -0.05) is 35.9 Å². The van der Waals surface area contributed by atoms with Crippen molar-refractivity contribution in [2.24, 2.45) is 11.8 Å². The Balaban J connectivity index is 1.63. The van der Waals surface area contributed by atoms with Crippen LogP contribution in [0.2, 0.25) is 5.02 Å². The third-order valence-electron chi connectivity index (χ3n) is 5.76. The molecule has 0 bridgehead atoms. The van der Waals surface area contributed by atoms with Crippen LogP contribution in [-0.2, 0) is 9.59 Å². The maximum atomic E-state index is 13.5. The van der Waals surface area contributed by atoms with Gasteiger partial charge < -0.3 is 4.90 Å². The largest absolute Gasteiger partial charge is 0.353 e. The highest BCUT2D eigenvalue weighted by Gasteiger charge is 2.63. The number of hydrogen-bond acceptors (Lipinski definition) is 4. The molecule has 0 aromatic heterocycles. The Labute approximate surface area is 165 Å². The van der Waals surface area contributed by atoms with Gasteiger partial charge >= 0.3 is 0 Å². The summed E-state index contributed by atoms with van der Waals surface area (Å²) in [6.45, 7) is 0. The number of imide groups is 1. The van der Waals surface area contributed by atoms with Gasteiger partial charge in [0, 0.05) is 6.20 Å². The first kappa shape index (κ1) is 17.0. The molecule has 5 rings (SSSR count). The van der Waals surface area contributed by atoms with Crippen molar-refractivity contribution in [1.82, 2.24) is 4.90 Å². The molecule has 2 fully saturated rings. The topological polar surface area (TPSA) is 64.4 Å². The first-order chi connectivity index (χ1) is 13.5. The third-order valence-corrected chi connectivity index (χ3v) is 6.04. The average molecular weight is 394 g/mol. The van der Waals surface area contributed by atoms with Gasteiger partial charge in [0.25, 0.3) is 0 Å². The number of rotatable bonds is 1. The van der Waals surface area contributed by atoms with Crippen LogP contribution in [0, 0.1) is 29.0 Å². The molecule has 0 unspecified atom stereocenters. The minimum atomic E-state index is -0.790. The second-order valence-electron chi connectivity index (χ2n) is 7.07. The van der Waals surface area contributed by atoms with E-state index in [9.17, 15) is 19.2 Å². The standard InChI is InChI=1S/C21H13ClFN3O2/c22-14-9-12(5-6-15(14)23)26-20(27)17-16(10-24)25-8-7-11-3-1-2-4-13(11)19(25)18(17)21(26)28/h1-9,16-19H/t16-,17+,18-,19-/m1/s1. The van der Waals surface area contributed by atoms with E-state index in [0.29, 0.717) is 0 Å². The van der Waals surface area contributed by atoms with E-state index in [0.717, 1.165) is 22.1 Å². The lowest BCUT2D eigenvalue weighted by Crippen LogP contribution is -2.40. The van der Waals surface area contributed by atoms with E-state index in [4.69, 9.17) is 11.6 Å². The highest BCUT2D eigenvalue weighted by Crippen LogP contribution is 2.52. The summed E-state index contributed by atoms with van der Waals surface area (Å²) in [6, 6.07) is 12.4. The summed E-state index contributed by atoms with van der Waals surface area (Å²) in [4.78, 5) is 29.4. The molecule has 0 saturated carbocycles. The highest BCUT2D eigenvalue weighted by atomic mass is 35.5. The van der Waals surface area contributed by atoms with Crippen molar-refractivity contribution in [2.75, 3.05) is 4.90 Å². The van der Waals surface area contributed by atoms with Crippen LogP contribution in [0.1, 0.15) is 17.2 Å². The van der Waals surface area contributed by atoms with Crippen molar-refractivity contribution < 1.29 is 14.0 Å². The molecule has 138 valence electrons. The number of benzene rings is 2. The first-order valence-corrected chi connectivity index (χ1v) is 9.18. The van der Waals surface area contributed by atoms with Crippen LogP contribution in [0.4, 0.5) is 10.1 Å². The SMILES string of the molecule is N#C[C@@H]1[C@@H]2C(=O)N(c3ccc(F)c(Cl)c3)C(=O)[C@H]2[C@H]2c3ccccc3C=CN12. The van der Waals surface area contributed by atoms with E-state index >= 15 is 0 Å². The summed E-state index contributed by atoms with van der Waals surface area (Å²) in [5.41, 5.74) is 2.10. The lowest BCUT2D eigenvalue weighted by Gasteiger charge is -2.33. The minimum absolute atomic E-state index is 0.167. The molecule has 2 saturated heterocycles. The fraction of sp³-hybridized carbons (Fsp3) is 0.190. The molecule has 2 amide bonds. The molecule has 2 aromatic carbocycles. The van der Waals surface area contributed by atoms with Gasteiger partial charge in [-0.15, -0.1) is 0 Å². The maximum Gasteiger partial charge on any atom is 0.240 e. The Morgan fingerprint density at radius 1 is 1.07 bits per heavy atom. The zero-order chi connectivity index (χ0) is 19.6. The Kier molecular flexibility index (Phi) is 3.58. The molecule has 0 aliphatic carbocycles. The van der Waals surface area contributed by atoms with Gasteiger partial charge in [0.2, 0.25) is 11.8 Å². The van der Waals surface area contributed by atoms with Gasteiger partial charge in [-0.05, 0) is 35.4 Å². The molecule has 0 radical (unpaired) electrons. The second-order valence-corrected chi connectivity index (χ2v) is 7.48. The van der Waals surface area contributed by atoms with E-state index in [1.54, 1.807) is 6.20 Å². The Hall–Kier alpha value is -3.17. The van der Waals surface area contributed by atoms with E-state index in [-0.39, 0.29) is 10.7 Å². The van der Waals surface area contributed by atoms with Crippen molar-refractivity contribution >= 4 is 35.2 Å². The fourth-order valence-electron chi connectivity index (χ4n) is 4.58. The number of nitriles is 1. The van der Waals surface area contributed by atoms with Gasteiger partial charge in [0.1, 0.15) is 11.9 Å². The van der Waals surface area contributed by atoms with Crippen LogP contribution in [0.5, 0.6) is 0 Å². The molecule has 4 atom stereocenters. The summed E-state index contributed by atoms with van der Waals surface area (Å²) in [5, 5.41) is 9.60. The zero-order valence-electron chi connectivity index (χ0n) is 14.4. The quantitative estimate of drug-likeness (QED) is 0.695. The zero-order valence-corrected chi connectivity index (χ0v) is 15.2. The molecular formula is C21H13ClFN3O2. The van der Waals surface area contributed by atoms with Crippen LogP contribution < -0.4 is 4.90 Å². The van der Waals surface area contributed by atoms with Crippen LogP contribution in [0.25, 0.3) is 6.08 Å². The molecule has 3 heterocycles. The van der Waals surface area contributed by atoms with Crippen LogP contribution in [-0.4, -0.2) is 22.8 Å². The number of carbonyl (C=O) groups is 2. The summed E-state index contributed by atoms with van der Waals surface area (Å²) in [5.74, 6) is -2.95. The summed E-state index contributed by atoms with van der Waals surface area (Å²) < 4.78 is 13.5. The number of carbonyl (C=O) groups excluding carboxylic acids is 2. The second kappa shape index (κ2) is 5.91. The maximum absolute atomic E-state index is 13.5. The van der Waals surface area contributed by atoms with Gasteiger partial charge in [0.15, 0.2) is 0 Å². The smallest absolute Gasteiger partial charge is 0.240 e. The third kappa shape index (κ3) is 2.11. The summed E-state index contributed by atoms with van der Waals surface area (Å²) in [6.07, 6.45) is 3.68. The number of nitrogens with zero attached hydrogens (tertiary/aromatic N) is 3. The lowest BCUT2D eigenvalue weighted by atomic mass is 9.85. The van der Waals surface area contributed by atoms with Crippen LogP contribution in [0.15, 0.2) is 48.7 Å². The average Bonchev–Trinajstić information content (AvgIpc) is 3.17. The molecule has 2 aromatic rings. The van der Waals surface area contributed by atoms with E-state index in [2.05, 4.69) is 6.07 Å². The summed E-state index contributed by atoms with van der Waals surface area (Å²) >= 11 is 5.85. The monoisotopic (exact) mass is 393 g/mol. The molecule has 0 N–H and O–H groups in total. The first-order valence-electron chi connectivity index (χ1n) is 8.80. The van der Waals surface area contributed by atoms with Crippen molar-refractivity contribution in [3.05, 3.63) is 70.6 Å². The number of anilines is 1. The number of amides is 2. The predicted molar refractivity (Wildman–Crippen MR) is 100 cm³/mol. The Morgan fingerprint density at radius 3 is 2.57 bits per heavy atom. The molecule has 7 heteroatoms. The Morgan fingerprint density at radius 2 is 1.82 bits per heavy atom. The van der Waals surface area contributed by atoms with Crippen LogP contribution >= 0.6 is 11.6 Å². The molecule has 0 spiro atoms.